The van der Waals surface area contributed by atoms with Gasteiger partial charge in [-0.2, -0.15) is 0 Å². The van der Waals surface area contributed by atoms with Gasteiger partial charge >= 0.3 is 6.03 Å². The molecule has 0 atom stereocenters. The third-order valence-corrected chi connectivity index (χ3v) is 5.99. The van der Waals surface area contributed by atoms with Crippen molar-refractivity contribution in [2.75, 3.05) is 56.6 Å². The number of ether oxygens (including phenoxy) is 1. The molecule has 0 bridgehead atoms. The van der Waals surface area contributed by atoms with Crippen LogP contribution < -0.4 is 20.3 Å². The number of carbonyl (C=O) groups excluding carboxylic acids is 1. The summed E-state index contributed by atoms with van der Waals surface area (Å²) in [5, 5.41) is 6.00. The van der Waals surface area contributed by atoms with E-state index in [0.29, 0.717) is 6.54 Å². The van der Waals surface area contributed by atoms with Crippen LogP contribution in [0.5, 0.6) is 5.75 Å². The molecule has 3 aromatic carbocycles. The Morgan fingerprint density at radius 1 is 0.879 bits per heavy atom. The van der Waals surface area contributed by atoms with Crippen LogP contribution in [0.15, 0.2) is 78.9 Å². The minimum Gasteiger partial charge on any atom is -0.495 e. The van der Waals surface area contributed by atoms with E-state index in [1.165, 1.54) is 0 Å². The molecule has 4 rings (SSSR count). The number of nitrogens with zero attached hydrogens (tertiary/aromatic N) is 2. The molecule has 2 N–H and O–H groups in total. The summed E-state index contributed by atoms with van der Waals surface area (Å²) >= 11 is 0. The predicted molar refractivity (Wildman–Crippen MR) is 135 cm³/mol. The average Bonchev–Trinajstić information content (AvgIpc) is 2.88. The van der Waals surface area contributed by atoms with E-state index in [1.807, 2.05) is 66.7 Å². The van der Waals surface area contributed by atoms with Crippen molar-refractivity contribution in [3.05, 3.63) is 78.9 Å². The number of rotatable bonds is 8. The number of piperazine rings is 1. The Labute approximate surface area is 196 Å². The number of para-hydroxylation sites is 3. The fourth-order valence-electron chi connectivity index (χ4n) is 4.24. The molecular formula is C27H32N4O2. The maximum absolute atomic E-state index is 12.5. The molecule has 1 aliphatic rings. The first kappa shape index (κ1) is 22.7. The highest BCUT2D eigenvalue weighted by Gasteiger charge is 2.19. The lowest BCUT2D eigenvalue weighted by atomic mass is 10.0. The third kappa shape index (κ3) is 6.05. The van der Waals surface area contributed by atoms with Crippen LogP contribution in [0, 0.1) is 0 Å². The minimum absolute atomic E-state index is 0.167. The summed E-state index contributed by atoms with van der Waals surface area (Å²) in [6.45, 7) is 5.59. The molecule has 1 fully saturated rings. The lowest BCUT2D eigenvalue weighted by Crippen LogP contribution is -2.47. The van der Waals surface area contributed by atoms with E-state index in [2.05, 4.69) is 32.6 Å². The van der Waals surface area contributed by atoms with Crippen LogP contribution in [-0.4, -0.2) is 57.3 Å². The van der Waals surface area contributed by atoms with Gasteiger partial charge in [0.05, 0.1) is 18.5 Å². The number of hydrogen-bond donors (Lipinski definition) is 2. The highest BCUT2D eigenvalue weighted by molar-refractivity contribution is 5.94. The Bertz CT molecular complexity index is 1030. The van der Waals surface area contributed by atoms with Crippen molar-refractivity contribution in [2.24, 2.45) is 0 Å². The van der Waals surface area contributed by atoms with Crippen LogP contribution in [0.4, 0.5) is 16.2 Å². The molecule has 0 unspecified atom stereocenters. The number of anilines is 2. The van der Waals surface area contributed by atoms with E-state index in [0.717, 1.165) is 67.4 Å². The van der Waals surface area contributed by atoms with Crippen molar-refractivity contribution in [3.63, 3.8) is 0 Å². The Morgan fingerprint density at radius 3 is 2.36 bits per heavy atom. The molecule has 2 amide bonds. The average molecular weight is 445 g/mol. The van der Waals surface area contributed by atoms with Gasteiger partial charge in [-0.05, 0) is 36.7 Å². The molecule has 1 aliphatic heterocycles. The molecule has 0 radical (unpaired) electrons. The number of urea groups is 1. The van der Waals surface area contributed by atoms with E-state index >= 15 is 0 Å². The maximum atomic E-state index is 12.5. The molecule has 3 aromatic rings. The van der Waals surface area contributed by atoms with E-state index in [9.17, 15) is 4.79 Å². The zero-order valence-corrected chi connectivity index (χ0v) is 19.2. The van der Waals surface area contributed by atoms with Crippen LogP contribution >= 0.6 is 0 Å². The number of hydrogen-bond acceptors (Lipinski definition) is 4. The lowest BCUT2D eigenvalue weighted by Gasteiger charge is -2.36. The number of benzene rings is 3. The summed E-state index contributed by atoms with van der Waals surface area (Å²) in [5.74, 6) is 0.926. The van der Waals surface area contributed by atoms with Crippen LogP contribution in [0.25, 0.3) is 11.1 Å². The van der Waals surface area contributed by atoms with Crippen molar-refractivity contribution in [3.8, 4) is 16.9 Å². The standard InChI is InChI=1S/C27H32N4O2/c1-33-26-15-8-7-14-25(26)31-20-18-30(19-21-31)17-9-16-28-27(32)29-24-13-6-5-12-23(24)22-10-3-2-4-11-22/h2-8,10-15H,9,16-21H2,1H3,(H2,28,29,32). The van der Waals surface area contributed by atoms with E-state index in [-0.39, 0.29) is 6.03 Å². The highest BCUT2D eigenvalue weighted by Crippen LogP contribution is 2.29. The number of nitrogens with one attached hydrogen (secondary N) is 2. The first-order valence-corrected chi connectivity index (χ1v) is 11.5. The molecule has 172 valence electrons. The van der Waals surface area contributed by atoms with E-state index in [1.54, 1.807) is 7.11 Å². The molecule has 6 nitrogen and oxygen atoms in total. The quantitative estimate of drug-likeness (QED) is 0.495. The van der Waals surface area contributed by atoms with Gasteiger partial charge in [-0.25, -0.2) is 4.79 Å². The van der Waals surface area contributed by atoms with Gasteiger partial charge in [-0.1, -0.05) is 60.7 Å². The van der Waals surface area contributed by atoms with Gasteiger partial charge in [-0.3, -0.25) is 4.90 Å². The summed E-state index contributed by atoms with van der Waals surface area (Å²) < 4.78 is 5.50. The molecule has 0 spiro atoms. The predicted octanol–water partition coefficient (Wildman–Crippen LogP) is 4.70. The summed E-state index contributed by atoms with van der Waals surface area (Å²) in [6.07, 6.45) is 0.919. The Morgan fingerprint density at radius 2 is 1.58 bits per heavy atom. The maximum Gasteiger partial charge on any atom is 0.319 e. The molecule has 0 aliphatic carbocycles. The summed E-state index contributed by atoms with van der Waals surface area (Å²) in [4.78, 5) is 17.3. The zero-order valence-electron chi connectivity index (χ0n) is 19.2. The fraction of sp³-hybridized carbons (Fsp3) is 0.296. The number of methoxy groups -OCH3 is 1. The van der Waals surface area contributed by atoms with E-state index in [4.69, 9.17) is 4.74 Å². The Hall–Kier alpha value is -3.51. The molecule has 0 saturated carbocycles. The fourth-order valence-corrected chi connectivity index (χ4v) is 4.24. The smallest absolute Gasteiger partial charge is 0.319 e. The van der Waals surface area contributed by atoms with Gasteiger partial charge in [0.15, 0.2) is 0 Å². The van der Waals surface area contributed by atoms with Gasteiger partial charge in [-0.15, -0.1) is 0 Å². The molecule has 1 saturated heterocycles. The highest BCUT2D eigenvalue weighted by atomic mass is 16.5. The summed E-state index contributed by atoms with van der Waals surface area (Å²) in [5.41, 5.74) is 4.07. The monoisotopic (exact) mass is 444 g/mol. The minimum atomic E-state index is -0.167. The molecule has 33 heavy (non-hydrogen) atoms. The zero-order chi connectivity index (χ0) is 22.9. The third-order valence-electron chi connectivity index (χ3n) is 5.99. The van der Waals surface area contributed by atoms with Gasteiger partial charge in [0.2, 0.25) is 0 Å². The van der Waals surface area contributed by atoms with Crippen LogP contribution in [0.1, 0.15) is 6.42 Å². The molecule has 6 heteroatoms. The van der Waals surface area contributed by atoms with Crippen LogP contribution in [0.3, 0.4) is 0 Å². The second-order valence-electron chi connectivity index (χ2n) is 8.15. The van der Waals surface area contributed by atoms with Crippen molar-refractivity contribution < 1.29 is 9.53 Å². The van der Waals surface area contributed by atoms with Crippen LogP contribution in [0.2, 0.25) is 0 Å². The first-order chi connectivity index (χ1) is 16.2. The topological polar surface area (TPSA) is 56.8 Å². The van der Waals surface area contributed by atoms with Gasteiger partial charge in [0.25, 0.3) is 0 Å². The first-order valence-electron chi connectivity index (χ1n) is 11.5. The van der Waals surface area contributed by atoms with Crippen molar-refractivity contribution in [1.29, 1.82) is 0 Å². The summed E-state index contributed by atoms with van der Waals surface area (Å²) in [7, 11) is 1.72. The van der Waals surface area contributed by atoms with Crippen molar-refractivity contribution in [2.45, 2.75) is 6.42 Å². The van der Waals surface area contributed by atoms with Gasteiger partial charge in [0, 0.05) is 38.3 Å². The van der Waals surface area contributed by atoms with Crippen molar-refractivity contribution in [1.82, 2.24) is 10.2 Å². The normalized spacial score (nSPS) is 14.0. The molecule has 0 aromatic heterocycles. The largest absolute Gasteiger partial charge is 0.495 e. The number of carbonyl (C=O) groups is 1. The number of amides is 2. The SMILES string of the molecule is COc1ccccc1N1CCN(CCCNC(=O)Nc2ccccc2-c2ccccc2)CC1. The summed E-state index contributed by atoms with van der Waals surface area (Å²) in [6, 6.07) is 26.0. The second kappa shape index (κ2) is 11.4. The Kier molecular flexibility index (Phi) is 7.82. The second-order valence-corrected chi connectivity index (χ2v) is 8.15. The van der Waals surface area contributed by atoms with Gasteiger partial charge in [0.1, 0.15) is 5.75 Å². The van der Waals surface area contributed by atoms with E-state index < -0.39 is 0 Å². The van der Waals surface area contributed by atoms with Crippen LogP contribution in [-0.2, 0) is 0 Å². The van der Waals surface area contributed by atoms with Gasteiger partial charge < -0.3 is 20.3 Å². The molecular weight excluding hydrogens is 412 g/mol. The molecule has 1 heterocycles. The lowest BCUT2D eigenvalue weighted by molar-refractivity contribution is 0.244. The van der Waals surface area contributed by atoms with Crippen molar-refractivity contribution >= 4 is 17.4 Å². The Balaban J connectivity index is 1.19.